The molecular weight excluding hydrogens is 266 g/mol. The van der Waals surface area contributed by atoms with E-state index in [2.05, 4.69) is 10.3 Å². The van der Waals surface area contributed by atoms with Gasteiger partial charge in [-0.25, -0.2) is 4.79 Å². The highest BCUT2D eigenvalue weighted by molar-refractivity contribution is 5.89. The number of hydrogen-bond acceptors (Lipinski definition) is 3. The second-order valence-corrected chi connectivity index (χ2v) is 6.18. The smallest absolute Gasteiger partial charge is 0.322 e. The van der Waals surface area contributed by atoms with Crippen LogP contribution in [0.3, 0.4) is 0 Å². The number of β-amino-alcohol motifs (C(OH)–C–C–N with tert-alkyl or cyclic N) is 1. The predicted octanol–water partition coefficient (Wildman–Crippen LogP) is 2.63. The SMILES string of the molecule is O=C(Nc1cccnc1)N1CC(O)CC1C1CCCCC1. The van der Waals surface area contributed by atoms with Crippen molar-refractivity contribution in [3.63, 3.8) is 0 Å². The Hall–Kier alpha value is -1.62. The zero-order chi connectivity index (χ0) is 14.7. The van der Waals surface area contributed by atoms with Gasteiger partial charge in [0.15, 0.2) is 0 Å². The second kappa shape index (κ2) is 6.43. The van der Waals surface area contributed by atoms with Gasteiger partial charge in [0.25, 0.3) is 0 Å². The van der Waals surface area contributed by atoms with Crippen LogP contribution in [0.4, 0.5) is 10.5 Å². The number of nitrogens with zero attached hydrogens (tertiary/aromatic N) is 2. The predicted molar refractivity (Wildman–Crippen MR) is 80.9 cm³/mol. The van der Waals surface area contributed by atoms with E-state index < -0.39 is 6.10 Å². The molecule has 2 heterocycles. The van der Waals surface area contributed by atoms with Crippen LogP contribution in [0, 0.1) is 5.92 Å². The topological polar surface area (TPSA) is 65.5 Å². The quantitative estimate of drug-likeness (QED) is 0.879. The molecule has 2 atom stereocenters. The van der Waals surface area contributed by atoms with Crippen LogP contribution in [0.1, 0.15) is 38.5 Å². The van der Waals surface area contributed by atoms with Crippen LogP contribution < -0.4 is 5.32 Å². The van der Waals surface area contributed by atoms with Crippen molar-refractivity contribution in [3.05, 3.63) is 24.5 Å². The summed E-state index contributed by atoms with van der Waals surface area (Å²) in [5.41, 5.74) is 0.700. The summed E-state index contributed by atoms with van der Waals surface area (Å²) in [5.74, 6) is 0.538. The van der Waals surface area contributed by atoms with E-state index in [1.165, 1.54) is 32.1 Å². The van der Waals surface area contributed by atoms with E-state index in [-0.39, 0.29) is 12.1 Å². The highest BCUT2D eigenvalue weighted by atomic mass is 16.3. The van der Waals surface area contributed by atoms with E-state index in [9.17, 15) is 9.90 Å². The number of urea groups is 1. The molecule has 2 fully saturated rings. The molecule has 0 bridgehead atoms. The van der Waals surface area contributed by atoms with Crippen molar-refractivity contribution < 1.29 is 9.90 Å². The molecule has 0 radical (unpaired) electrons. The average Bonchev–Trinajstić information content (AvgIpc) is 2.91. The monoisotopic (exact) mass is 289 g/mol. The van der Waals surface area contributed by atoms with E-state index in [4.69, 9.17) is 0 Å². The maximum atomic E-state index is 12.5. The second-order valence-electron chi connectivity index (χ2n) is 6.18. The summed E-state index contributed by atoms with van der Waals surface area (Å²) in [4.78, 5) is 18.3. The molecule has 2 aliphatic rings. The highest BCUT2D eigenvalue weighted by Gasteiger charge is 2.39. The van der Waals surface area contributed by atoms with Gasteiger partial charge >= 0.3 is 6.03 Å². The molecule has 0 aromatic carbocycles. The van der Waals surface area contributed by atoms with Crippen LogP contribution in [-0.4, -0.2) is 39.7 Å². The van der Waals surface area contributed by atoms with Crippen LogP contribution >= 0.6 is 0 Å². The zero-order valence-corrected chi connectivity index (χ0v) is 12.2. The number of pyridine rings is 1. The molecule has 114 valence electrons. The molecule has 2 amide bonds. The van der Waals surface area contributed by atoms with Gasteiger partial charge < -0.3 is 15.3 Å². The summed E-state index contributed by atoms with van der Waals surface area (Å²) in [6.07, 6.45) is 9.78. The Morgan fingerprint density at radius 2 is 2.14 bits per heavy atom. The van der Waals surface area contributed by atoms with Crippen molar-refractivity contribution in [1.29, 1.82) is 0 Å². The first-order valence-corrected chi connectivity index (χ1v) is 7.90. The lowest BCUT2D eigenvalue weighted by Crippen LogP contribution is -2.43. The Morgan fingerprint density at radius 1 is 1.33 bits per heavy atom. The van der Waals surface area contributed by atoms with Gasteiger partial charge in [0, 0.05) is 18.8 Å². The summed E-state index contributed by atoms with van der Waals surface area (Å²) in [6, 6.07) is 3.69. The lowest BCUT2D eigenvalue weighted by Gasteiger charge is -2.33. The fourth-order valence-corrected chi connectivity index (χ4v) is 3.67. The van der Waals surface area contributed by atoms with Gasteiger partial charge in [0.2, 0.25) is 0 Å². The van der Waals surface area contributed by atoms with Crippen molar-refractivity contribution in [2.75, 3.05) is 11.9 Å². The minimum Gasteiger partial charge on any atom is -0.391 e. The molecule has 1 aliphatic heterocycles. The van der Waals surface area contributed by atoms with Crippen molar-refractivity contribution in [2.24, 2.45) is 5.92 Å². The standard InChI is InChI=1S/C16H23N3O2/c20-14-9-15(12-5-2-1-3-6-12)19(11-14)16(21)18-13-7-4-8-17-10-13/h4,7-8,10,12,14-15,20H,1-3,5-6,9,11H2,(H,18,21). The van der Waals surface area contributed by atoms with Crippen LogP contribution in [0.2, 0.25) is 0 Å². The van der Waals surface area contributed by atoms with Crippen LogP contribution in [0.5, 0.6) is 0 Å². The highest BCUT2D eigenvalue weighted by Crippen LogP contribution is 2.34. The summed E-state index contributed by atoms with van der Waals surface area (Å²) in [7, 11) is 0. The average molecular weight is 289 g/mol. The molecule has 5 heteroatoms. The van der Waals surface area contributed by atoms with E-state index in [1.54, 1.807) is 18.5 Å². The molecular formula is C16H23N3O2. The third kappa shape index (κ3) is 3.35. The molecule has 1 aromatic heterocycles. The van der Waals surface area contributed by atoms with E-state index >= 15 is 0 Å². The van der Waals surface area contributed by atoms with Gasteiger partial charge in [-0.15, -0.1) is 0 Å². The number of aliphatic hydroxyl groups is 1. The minimum atomic E-state index is -0.392. The van der Waals surface area contributed by atoms with Gasteiger partial charge in [0.1, 0.15) is 0 Å². The first-order valence-electron chi connectivity index (χ1n) is 7.90. The van der Waals surface area contributed by atoms with E-state index in [0.29, 0.717) is 24.6 Å². The third-order valence-electron chi connectivity index (χ3n) is 4.69. The summed E-state index contributed by atoms with van der Waals surface area (Å²) in [6.45, 7) is 0.438. The van der Waals surface area contributed by atoms with Gasteiger partial charge in [-0.3, -0.25) is 4.98 Å². The number of carbonyl (C=O) groups excluding carboxylic acids is 1. The number of nitrogens with one attached hydrogen (secondary N) is 1. The lowest BCUT2D eigenvalue weighted by molar-refractivity contribution is 0.164. The first-order chi connectivity index (χ1) is 10.2. The van der Waals surface area contributed by atoms with E-state index in [0.717, 1.165) is 0 Å². The molecule has 1 saturated carbocycles. The number of aromatic nitrogens is 1. The Morgan fingerprint density at radius 3 is 2.86 bits per heavy atom. The number of likely N-dealkylation sites (tertiary alicyclic amines) is 1. The van der Waals surface area contributed by atoms with Crippen molar-refractivity contribution >= 4 is 11.7 Å². The molecule has 0 spiro atoms. The maximum absolute atomic E-state index is 12.5. The Labute approximate surface area is 125 Å². The molecule has 1 aliphatic carbocycles. The number of carbonyl (C=O) groups is 1. The van der Waals surface area contributed by atoms with Gasteiger partial charge in [-0.05, 0) is 37.3 Å². The number of hydrogen-bond donors (Lipinski definition) is 2. The summed E-state index contributed by atoms with van der Waals surface area (Å²) < 4.78 is 0. The summed E-state index contributed by atoms with van der Waals surface area (Å²) >= 11 is 0. The lowest BCUT2D eigenvalue weighted by atomic mass is 9.83. The molecule has 1 aromatic rings. The number of aliphatic hydroxyl groups excluding tert-OH is 1. The van der Waals surface area contributed by atoms with Crippen molar-refractivity contribution in [2.45, 2.75) is 50.7 Å². The Kier molecular flexibility index (Phi) is 4.39. The zero-order valence-electron chi connectivity index (χ0n) is 12.2. The Balaban J connectivity index is 1.67. The van der Waals surface area contributed by atoms with Crippen LogP contribution in [-0.2, 0) is 0 Å². The minimum absolute atomic E-state index is 0.116. The molecule has 2 N–H and O–H groups in total. The van der Waals surface area contributed by atoms with Gasteiger partial charge in [-0.2, -0.15) is 0 Å². The molecule has 3 rings (SSSR count). The largest absolute Gasteiger partial charge is 0.391 e. The molecule has 5 nitrogen and oxygen atoms in total. The number of rotatable bonds is 2. The van der Waals surface area contributed by atoms with Crippen molar-refractivity contribution in [1.82, 2.24) is 9.88 Å². The number of anilines is 1. The molecule has 2 unspecified atom stereocenters. The first kappa shape index (κ1) is 14.3. The maximum Gasteiger partial charge on any atom is 0.322 e. The van der Waals surface area contributed by atoms with Gasteiger partial charge in [-0.1, -0.05) is 19.3 Å². The number of amides is 2. The van der Waals surface area contributed by atoms with E-state index in [1.807, 2.05) is 11.0 Å². The van der Waals surface area contributed by atoms with Crippen LogP contribution in [0.25, 0.3) is 0 Å². The van der Waals surface area contributed by atoms with Gasteiger partial charge in [0.05, 0.1) is 18.0 Å². The van der Waals surface area contributed by atoms with Crippen molar-refractivity contribution in [3.8, 4) is 0 Å². The summed E-state index contributed by atoms with van der Waals surface area (Å²) in [5, 5.41) is 12.9. The fraction of sp³-hybridized carbons (Fsp3) is 0.625. The third-order valence-corrected chi connectivity index (χ3v) is 4.69. The fourth-order valence-electron chi connectivity index (χ4n) is 3.67. The van der Waals surface area contributed by atoms with Crippen LogP contribution in [0.15, 0.2) is 24.5 Å². The molecule has 1 saturated heterocycles. The molecule has 21 heavy (non-hydrogen) atoms. The normalized spacial score (nSPS) is 26.8. The Bertz CT molecular complexity index is 474.